The van der Waals surface area contributed by atoms with Crippen molar-refractivity contribution in [1.29, 1.82) is 0 Å². The van der Waals surface area contributed by atoms with Crippen molar-refractivity contribution in [3.8, 4) is 0 Å². The Morgan fingerprint density at radius 1 is 1.59 bits per heavy atom. The summed E-state index contributed by atoms with van der Waals surface area (Å²) in [6, 6.07) is 1.65. The van der Waals surface area contributed by atoms with E-state index in [1.165, 1.54) is 12.3 Å². The molecule has 2 N–H and O–H groups in total. The van der Waals surface area contributed by atoms with E-state index in [1.807, 2.05) is 11.8 Å². The maximum absolute atomic E-state index is 11.9. The van der Waals surface area contributed by atoms with Gasteiger partial charge in [-0.15, -0.1) is 0 Å². The van der Waals surface area contributed by atoms with E-state index in [0.717, 1.165) is 30.0 Å². The maximum atomic E-state index is 11.9. The van der Waals surface area contributed by atoms with Gasteiger partial charge in [0.2, 0.25) is 0 Å². The maximum Gasteiger partial charge on any atom is 0.256 e. The summed E-state index contributed by atoms with van der Waals surface area (Å²) in [5.41, 5.74) is 0.744. The van der Waals surface area contributed by atoms with Gasteiger partial charge in [0.25, 0.3) is 5.91 Å². The van der Waals surface area contributed by atoms with E-state index in [2.05, 4.69) is 10.3 Å². The van der Waals surface area contributed by atoms with E-state index < -0.39 is 0 Å². The molecule has 5 heteroatoms. The molecular formula is C12H16N2O2S. The molecule has 1 fully saturated rings. The third-order valence-corrected chi connectivity index (χ3v) is 4.01. The number of hydrogen-bond donors (Lipinski definition) is 2. The monoisotopic (exact) mass is 252 g/mol. The number of pyridine rings is 1. The highest BCUT2D eigenvalue weighted by Crippen LogP contribution is 2.16. The summed E-state index contributed by atoms with van der Waals surface area (Å²) >= 11 is 1.85. The predicted molar refractivity (Wildman–Crippen MR) is 69.6 cm³/mol. The van der Waals surface area contributed by atoms with Gasteiger partial charge in [-0.2, -0.15) is 11.8 Å². The molecule has 2 rings (SSSR count). The average molecular weight is 252 g/mol. The SMILES string of the molecule is Cc1cc(=O)c(C(=O)NC2CCCSC2)c[nH]1. The second-order valence-corrected chi connectivity index (χ2v) is 5.43. The first-order valence-electron chi connectivity index (χ1n) is 5.75. The van der Waals surface area contributed by atoms with Crippen LogP contribution in [0.25, 0.3) is 0 Å². The van der Waals surface area contributed by atoms with Crippen molar-refractivity contribution in [1.82, 2.24) is 10.3 Å². The number of thioether (sulfide) groups is 1. The molecule has 2 heterocycles. The Hall–Kier alpha value is -1.23. The molecule has 0 aliphatic carbocycles. The fourth-order valence-corrected chi connectivity index (χ4v) is 2.94. The molecular weight excluding hydrogens is 236 g/mol. The lowest BCUT2D eigenvalue weighted by Gasteiger charge is -2.22. The lowest BCUT2D eigenvalue weighted by molar-refractivity contribution is 0.0937. The van der Waals surface area contributed by atoms with Crippen LogP contribution in [0.2, 0.25) is 0 Å². The topological polar surface area (TPSA) is 62.0 Å². The fraction of sp³-hybridized carbons (Fsp3) is 0.500. The summed E-state index contributed by atoms with van der Waals surface area (Å²) in [5.74, 6) is 1.84. The Morgan fingerprint density at radius 2 is 2.41 bits per heavy atom. The van der Waals surface area contributed by atoms with Crippen LogP contribution in [-0.4, -0.2) is 28.4 Å². The zero-order valence-corrected chi connectivity index (χ0v) is 10.6. The van der Waals surface area contributed by atoms with Gasteiger partial charge in [0.1, 0.15) is 5.56 Å². The van der Waals surface area contributed by atoms with Gasteiger partial charge in [-0.1, -0.05) is 0 Å². The molecule has 0 bridgehead atoms. The Balaban J connectivity index is 2.06. The van der Waals surface area contributed by atoms with Crippen molar-refractivity contribution < 1.29 is 4.79 Å². The van der Waals surface area contributed by atoms with Gasteiger partial charge in [-0.3, -0.25) is 9.59 Å². The van der Waals surface area contributed by atoms with Crippen molar-refractivity contribution in [3.05, 3.63) is 33.7 Å². The third kappa shape index (κ3) is 3.12. The van der Waals surface area contributed by atoms with Crippen LogP contribution in [0.5, 0.6) is 0 Å². The van der Waals surface area contributed by atoms with E-state index >= 15 is 0 Å². The van der Waals surface area contributed by atoms with Crippen molar-refractivity contribution in [3.63, 3.8) is 0 Å². The summed E-state index contributed by atoms with van der Waals surface area (Å²) in [7, 11) is 0. The van der Waals surface area contributed by atoms with Crippen LogP contribution in [0.4, 0.5) is 0 Å². The second kappa shape index (κ2) is 5.40. The predicted octanol–water partition coefficient (Wildman–Crippen LogP) is 1.31. The van der Waals surface area contributed by atoms with Crippen molar-refractivity contribution in [2.75, 3.05) is 11.5 Å². The summed E-state index contributed by atoms with van der Waals surface area (Å²) < 4.78 is 0. The van der Waals surface area contributed by atoms with E-state index in [0.29, 0.717) is 0 Å². The van der Waals surface area contributed by atoms with Crippen molar-refractivity contribution in [2.24, 2.45) is 0 Å². The highest BCUT2D eigenvalue weighted by atomic mass is 32.2. The van der Waals surface area contributed by atoms with Crippen LogP contribution in [0.3, 0.4) is 0 Å². The van der Waals surface area contributed by atoms with Crippen molar-refractivity contribution in [2.45, 2.75) is 25.8 Å². The smallest absolute Gasteiger partial charge is 0.256 e. The number of aromatic amines is 1. The average Bonchev–Trinajstić information content (AvgIpc) is 2.30. The molecule has 92 valence electrons. The van der Waals surface area contributed by atoms with Gasteiger partial charge in [0.15, 0.2) is 5.43 Å². The standard InChI is InChI=1S/C12H16N2O2S/c1-8-5-11(15)10(6-13-8)12(16)14-9-3-2-4-17-7-9/h5-6,9H,2-4,7H2,1H3,(H,13,15)(H,14,16). The van der Waals surface area contributed by atoms with E-state index in [4.69, 9.17) is 0 Å². The molecule has 0 spiro atoms. The summed E-state index contributed by atoms with van der Waals surface area (Å²) in [4.78, 5) is 26.4. The first-order valence-corrected chi connectivity index (χ1v) is 6.90. The first kappa shape index (κ1) is 12.2. The van der Waals surface area contributed by atoms with Crippen LogP contribution in [0, 0.1) is 6.92 Å². The number of rotatable bonds is 2. The minimum Gasteiger partial charge on any atom is -0.364 e. The molecule has 1 aliphatic rings. The number of H-pyrrole nitrogens is 1. The quantitative estimate of drug-likeness (QED) is 0.834. The number of nitrogens with one attached hydrogen (secondary N) is 2. The molecule has 1 aromatic rings. The number of carbonyl (C=O) groups excluding carboxylic acids is 1. The van der Waals surface area contributed by atoms with E-state index in [1.54, 1.807) is 6.92 Å². The minimum absolute atomic E-state index is 0.196. The van der Waals surface area contributed by atoms with Crippen LogP contribution in [-0.2, 0) is 0 Å². The number of aryl methyl sites for hydroxylation is 1. The first-order chi connectivity index (χ1) is 8.16. The van der Waals surface area contributed by atoms with E-state index in [-0.39, 0.29) is 22.9 Å². The summed E-state index contributed by atoms with van der Waals surface area (Å²) in [6.45, 7) is 1.79. The third-order valence-electron chi connectivity index (χ3n) is 2.80. The molecule has 1 unspecified atom stereocenters. The van der Waals surface area contributed by atoms with Crippen molar-refractivity contribution >= 4 is 17.7 Å². The zero-order chi connectivity index (χ0) is 12.3. The molecule has 17 heavy (non-hydrogen) atoms. The van der Waals surface area contributed by atoms with Crippen LogP contribution < -0.4 is 10.7 Å². The summed E-state index contributed by atoms with van der Waals surface area (Å²) in [6.07, 6.45) is 3.62. The molecule has 4 nitrogen and oxygen atoms in total. The normalized spacial score (nSPS) is 19.9. The number of aromatic nitrogens is 1. The molecule has 0 aromatic carbocycles. The number of hydrogen-bond acceptors (Lipinski definition) is 3. The van der Waals surface area contributed by atoms with Gasteiger partial charge in [0, 0.05) is 29.8 Å². The zero-order valence-electron chi connectivity index (χ0n) is 9.79. The van der Waals surface area contributed by atoms with Gasteiger partial charge >= 0.3 is 0 Å². The van der Waals surface area contributed by atoms with Gasteiger partial charge < -0.3 is 10.3 Å². The lowest BCUT2D eigenvalue weighted by atomic mass is 10.1. The number of carbonyl (C=O) groups is 1. The number of amides is 1. The molecule has 1 saturated heterocycles. The molecule has 1 atom stereocenters. The van der Waals surface area contributed by atoms with Gasteiger partial charge in [-0.05, 0) is 25.5 Å². The van der Waals surface area contributed by atoms with Gasteiger partial charge in [-0.25, -0.2) is 0 Å². The Kier molecular flexibility index (Phi) is 3.89. The highest BCUT2D eigenvalue weighted by Gasteiger charge is 2.18. The van der Waals surface area contributed by atoms with Gasteiger partial charge in [0.05, 0.1) is 0 Å². The molecule has 1 aromatic heterocycles. The minimum atomic E-state index is -0.265. The van der Waals surface area contributed by atoms with Crippen LogP contribution >= 0.6 is 11.8 Å². The van der Waals surface area contributed by atoms with Crippen LogP contribution in [0.1, 0.15) is 28.9 Å². The molecule has 0 saturated carbocycles. The molecule has 1 aliphatic heterocycles. The Bertz CT molecular complexity index is 464. The largest absolute Gasteiger partial charge is 0.364 e. The Morgan fingerprint density at radius 3 is 3.06 bits per heavy atom. The fourth-order valence-electron chi connectivity index (χ4n) is 1.87. The van der Waals surface area contributed by atoms with E-state index in [9.17, 15) is 9.59 Å². The highest BCUT2D eigenvalue weighted by molar-refractivity contribution is 7.99. The van der Waals surface area contributed by atoms with Crippen LogP contribution in [0.15, 0.2) is 17.1 Å². The molecule has 1 amide bonds. The summed E-state index contributed by atoms with van der Waals surface area (Å²) in [5, 5.41) is 2.92. The molecule has 0 radical (unpaired) electrons. The second-order valence-electron chi connectivity index (χ2n) is 4.28. The Labute approximate surface area is 104 Å². The lowest BCUT2D eigenvalue weighted by Crippen LogP contribution is -2.40.